The molecule has 3 rings (SSSR count). The van der Waals surface area contributed by atoms with Gasteiger partial charge in [-0.1, -0.05) is 0 Å². The molecule has 0 unspecified atom stereocenters. The van der Waals surface area contributed by atoms with E-state index in [0.29, 0.717) is 6.10 Å². The molecule has 16 heavy (non-hydrogen) atoms. The largest absolute Gasteiger partial charge is 0.373 e. The molecule has 2 fully saturated rings. The molecule has 3 heteroatoms. The number of ether oxygens (including phenoxy) is 1. The van der Waals surface area contributed by atoms with Crippen LogP contribution in [0.15, 0.2) is 24.5 Å². The Morgan fingerprint density at radius 3 is 2.56 bits per heavy atom. The van der Waals surface area contributed by atoms with E-state index in [1.807, 2.05) is 24.5 Å². The first-order valence-corrected chi connectivity index (χ1v) is 6.15. The lowest BCUT2D eigenvalue weighted by atomic mass is 9.96. The Kier molecular flexibility index (Phi) is 2.89. The Morgan fingerprint density at radius 1 is 1.19 bits per heavy atom. The van der Waals surface area contributed by atoms with Crippen molar-refractivity contribution in [3.05, 3.63) is 30.1 Å². The van der Waals surface area contributed by atoms with Crippen molar-refractivity contribution in [2.75, 3.05) is 13.1 Å². The normalized spacial score (nSPS) is 32.9. The van der Waals surface area contributed by atoms with E-state index in [1.165, 1.54) is 18.4 Å². The number of pyridine rings is 1. The lowest BCUT2D eigenvalue weighted by molar-refractivity contribution is -0.0228. The SMILES string of the molecule is c1cc(CO[C@H]2[C@@H]3CC[C@H]2CNC3)ccn1. The highest BCUT2D eigenvalue weighted by molar-refractivity contribution is 5.08. The Labute approximate surface area is 96.2 Å². The molecule has 0 amide bonds. The second kappa shape index (κ2) is 4.52. The van der Waals surface area contributed by atoms with Crippen LogP contribution >= 0.6 is 0 Å². The summed E-state index contributed by atoms with van der Waals surface area (Å²) in [4.78, 5) is 4.02. The van der Waals surface area contributed by atoms with Crippen molar-refractivity contribution in [2.45, 2.75) is 25.6 Å². The number of fused-ring (bicyclic) bond motifs is 2. The van der Waals surface area contributed by atoms with E-state index >= 15 is 0 Å². The van der Waals surface area contributed by atoms with Gasteiger partial charge in [0, 0.05) is 25.5 Å². The summed E-state index contributed by atoms with van der Waals surface area (Å²) in [5.41, 5.74) is 1.23. The average Bonchev–Trinajstić information content (AvgIpc) is 2.57. The summed E-state index contributed by atoms with van der Waals surface area (Å²) >= 11 is 0. The third-order valence-corrected chi connectivity index (χ3v) is 3.84. The first kappa shape index (κ1) is 10.2. The summed E-state index contributed by atoms with van der Waals surface area (Å²) in [7, 11) is 0. The van der Waals surface area contributed by atoms with Crippen LogP contribution in [-0.4, -0.2) is 24.2 Å². The van der Waals surface area contributed by atoms with E-state index in [1.54, 1.807) is 0 Å². The van der Waals surface area contributed by atoms with E-state index in [0.717, 1.165) is 31.5 Å². The van der Waals surface area contributed by atoms with Crippen molar-refractivity contribution in [1.82, 2.24) is 10.3 Å². The molecule has 0 aromatic carbocycles. The van der Waals surface area contributed by atoms with Crippen molar-refractivity contribution >= 4 is 0 Å². The van der Waals surface area contributed by atoms with Crippen LogP contribution in [-0.2, 0) is 11.3 Å². The lowest BCUT2D eigenvalue weighted by Crippen LogP contribution is -2.42. The number of aromatic nitrogens is 1. The summed E-state index contributed by atoms with van der Waals surface area (Å²) in [5.74, 6) is 1.47. The number of hydrogen-bond acceptors (Lipinski definition) is 3. The molecule has 0 spiro atoms. The Morgan fingerprint density at radius 2 is 1.88 bits per heavy atom. The molecule has 1 N–H and O–H groups in total. The minimum atomic E-state index is 0.481. The minimum Gasteiger partial charge on any atom is -0.373 e. The van der Waals surface area contributed by atoms with E-state index in [-0.39, 0.29) is 0 Å². The topological polar surface area (TPSA) is 34.1 Å². The van der Waals surface area contributed by atoms with Gasteiger partial charge >= 0.3 is 0 Å². The van der Waals surface area contributed by atoms with Crippen LogP contribution in [0.4, 0.5) is 0 Å². The predicted molar refractivity (Wildman–Crippen MR) is 61.9 cm³/mol. The highest BCUT2D eigenvalue weighted by Gasteiger charge is 2.39. The van der Waals surface area contributed by atoms with E-state index in [9.17, 15) is 0 Å². The zero-order chi connectivity index (χ0) is 10.8. The molecule has 3 atom stereocenters. The Balaban J connectivity index is 1.59. The molecule has 2 bridgehead atoms. The van der Waals surface area contributed by atoms with Gasteiger partial charge < -0.3 is 10.1 Å². The highest BCUT2D eigenvalue weighted by Crippen LogP contribution is 2.36. The fourth-order valence-electron chi connectivity index (χ4n) is 2.98. The van der Waals surface area contributed by atoms with Crippen LogP contribution in [0.25, 0.3) is 0 Å². The zero-order valence-electron chi connectivity index (χ0n) is 9.43. The van der Waals surface area contributed by atoms with Crippen LogP contribution < -0.4 is 5.32 Å². The van der Waals surface area contributed by atoms with Crippen molar-refractivity contribution in [1.29, 1.82) is 0 Å². The van der Waals surface area contributed by atoms with Gasteiger partial charge in [-0.3, -0.25) is 4.98 Å². The Hall–Kier alpha value is -0.930. The van der Waals surface area contributed by atoms with Crippen LogP contribution in [0.3, 0.4) is 0 Å². The van der Waals surface area contributed by atoms with Gasteiger partial charge in [0.1, 0.15) is 0 Å². The first-order valence-electron chi connectivity index (χ1n) is 6.15. The molecule has 1 aromatic heterocycles. The molecule has 3 nitrogen and oxygen atoms in total. The summed E-state index contributed by atoms with van der Waals surface area (Å²) in [6.45, 7) is 3.01. The van der Waals surface area contributed by atoms with Crippen LogP contribution in [0.1, 0.15) is 18.4 Å². The van der Waals surface area contributed by atoms with Gasteiger partial charge in [-0.05, 0) is 42.4 Å². The van der Waals surface area contributed by atoms with Gasteiger partial charge in [0.25, 0.3) is 0 Å². The van der Waals surface area contributed by atoms with Crippen LogP contribution in [0.5, 0.6) is 0 Å². The van der Waals surface area contributed by atoms with Crippen molar-refractivity contribution < 1.29 is 4.74 Å². The maximum Gasteiger partial charge on any atom is 0.0722 e. The fourth-order valence-corrected chi connectivity index (χ4v) is 2.98. The van der Waals surface area contributed by atoms with Crippen molar-refractivity contribution in [3.63, 3.8) is 0 Å². The van der Waals surface area contributed by atoms with Crippen molar-refractivity contribution in [3.8, 4) is 0 Å². The standard InChI is InChI=1S/C13H18N2O/c1-2-12-8-15-7-11(1)13(12)16-9-10-3-5-14-6-4-10/h3-6,11-13,15H,1-2,7-9H2/t11-,12+,13+. The summed E-state index contributed by atoms with van der Waals surface area (Å²) in [5, 5.41) is 3.48. The second-order valence-corrected chi connectivity index (χ2v) is 4.89. The molecule has 2 heterocycles. The average molecular weight is 218 g/mol. The molecular formula is C13H18N2O. The molecule has 1 aliphatic carbocycles. The molecule has 1 aliphatic heterocycles. The van der Waals surface area contributed by atoms with E-state index in [2.05, 4.69) is 10.3 Å². The minimum absolute atomic E-state index is 0.481. The zero-order valence-corrected chi connectivity index (χ0v) is 9.43. The van der Waals surface area contributed by atoms with Gasteiger partial charge in [0.05, 0.1) is 12.7 Å². The number of piperidine rings is 1. The van der Waals surface area contributed by atoms with Gasteiger partial charge in [-0.15, -0.1) is 0 Å². The number of hydrogen-bond donors (Lipinski definition) is 1. The molecule has 1 saturated heterocycles. The summed E-state index contributed by atoms with van der Waals surface area (Å²) in [6.07, 6.45) is 6.80. The molecular weight excluding hydrogens is 200 g/mol. The number of rotatable bonds is 3. The van der Waals surface area contributed by atoms with E-state index < -0.39 is 0 Å². The summed E-state index contributed by atoms with van der Waals surface area (Å²) in [6, 6.07) is 4.06. The molecule has 1 aromatic rings. The monoisotopic (exact) mass is 218 g/mol. The molecule has 2 aliphatic rings. The first-order chi connectivity index (χ1) is 7.93. The molecule has 1 saturated carbocycles. The highest BCUT2D eigenvalue weighted by atomic mass is 16.5. The Bertz CT molecular complexity index is 325. The predicted octanol–water partition coefficient (Wildman–Crippen LogP) is 1.60. The maximum absolute atomic E-state index is 6.09. The van der Waals surface area contributed by atoms with Crippen LogP contribution in [0, 0.1) is 11.8 Å². The van der Waals surface area contributed by atoms with E-state index in [4.69, 9.17) is 4.74 Å². The van der Waals surface area contributed by atoms with Crippen molar-refractivity contribution in [2.24, 2.45) is 11.8 Å². The quantitative estimate of drug-likeness (QED) is 0.836. The third-order valence-electron chi connectivity index (χ3n) is 3.84. The number of nitrogens with one attached hydrogen (secondary N) is 1. The van der Waals surface area contributed by atoms with Gasteiger partial charge in [-0.2, -0.15) is 0 Å². The third kappa shape index (κ3) is 1.97. The van der Waals surface area contributed by atoms with Gasteiger partial charge in [0.2, 0.25) is 0 Å². The second-order valence-electron chi connectivity index (χ2n) is 4.89. The fraction of sp³-hybridized carbons (Fsp3) is 0.615. The smallest absolute Gasteiger partial charge is 0.0722 e. The van der Waals surface area contributed by atoms with Crippen LogP contribution in [0.2, 0.25) is 0 Å². The summed E-state index contributed by atoms with van der Waals surface area (Å²) < 4.78 is 6.09. The maximum atomic E-state index is 6.09. The van der Waals surface area contributed by atoms with Gasteiger partial charge in [0.15, 0.2) is 0 Å². The molecule has 86 valence electrons. The number of nitrogens with zero attached hydrogens (tertiary/aromatic N) is 1. The molecule has 0 radical (unpaired) electrons. The van der Waals surface area contributed by atoms with Gasteiger partial charge in [-0.25, -0.2) is 0 Å². The lowest BCUT2D eigenvalue weighted by Gasteiger charge is -2.30.